The van der Waals surface area contributed by atoms with Crippen LogP contribution >= 0.6 is 0 Å². The van der Waals surface area contributed by atoms with Crippen LogP contribution in [0.15, 0.2) is 84.9 Å². The molecule has 8 heteroatoms. The number of methoxy groups -OCH3 is 2. The first-order valence-corrected chi connectivity index (χ1v) is 10.4. The van der Waals surface area contributed by atoms with Crippen LogP contribution in [0.1, 0.15) is 29.7 Å². The number of carbonyl (C=O) groups is 1. The number of anilines is 1. The molecular weight excluding hydrogens is 424 g/mol. The Morgan fingerprint density at radius 1 is 0.970 bits per heavy atom. The fourth-order valence-corrected chi connectivity index (χ4v) is 4.27. The van der Waals surface area contributed by atoms with Crippen molar-refractivity contribution in [3.63, 3.8) is 0 Å². The van der Waals surface area contributed by atoms with E-state index in [4.69, 9.17) is 14.3 Å². The zero-order chi connectivity index (χ0) is 23.4. The van der Waals surface area contributed by atoms with Gasteiger partial charge in [0.05, 0.1) is 26.3 Å². The lowest BCUT2D eigenvalue weighted by atomic mass is 9.78. The minimum atomic E-state index is -2.13. The lowest BCUT2D eigenvalue weighted by Gasteiger charge is -2.45. The number of ether oxygens (including phenoxy) is 2. The molecule has 1 aliphatic rings. The zero-order valence-corrected chi connectivity index (χ0v) is 18.3. The van der Waals surface area contributed by atoms with E-state index in [2.05, 4.69) is 0 Å². The van der Waals surface area contributed by atoms with Crippen LogP contribution in [0.2, 0.25) is 0 Å². The molecule has 0 bridgehead atoms. The van der Waals surface area contributed by atoms with E-state index in [0.29, 0.717) is 17.0 Å². The molecule has 0 N–H and O–H groups in total. The molecule has 8 nitrogen and oxygen atoms in total. The number of esters is 1. The molecular formula is C25H24N2O6. The van der Waals surface area contributed by atoms with Crippen molar-refractivity contribution in [1.29, 1.82) is 0 Å². The molecule has 0 aliphatic carbocycles. The smallest absolute Gasteiger partial charge is 0.387 e. The molecule has 4 rings (SSSR count). The molecule has 1 fully saturated rings. The van der Waals surface area contributed by atoms with Gasteiger partial charge in [-0.05, 0) is 35.4 Å². The number of nitrogens with zero attached hydrogens (tertiary/aromatic N) is 2. The van der Waals surface area contributed by atoms with Crippen molar-refractivity contribution < 1.29 is 24.0 Å². The minimum Gasteiger partial charge on any atom is -0.497 e. The van der Waals surface area contributed by atoms with Crippen LogP contribution in [0.4, 0.5) is 5.69 Å². The van der Waals surface area contributed by atoms with E-state index in [1.807, 2.05) is 48.5 Å². The summed E-state index contributed by atoms with van der Waals surface area (Å²) in [6.07, 6.45) is -0.943. The average molecular weight is 448 g/mol. The molecule has 170 valence electrons. The Morgan fingerprint density at radius 2 is 1.58 bits per heavy atom. The van der Waals surface area contributed by atoms with Gasteiger partial charge >= 0.3 is 11.5 Å². The van der Waals surface area contributed by atoms with E-state index < -0.39 is 28.6 Å². The number of hydrogen-bond acceptors (Lipinski definition) is 7. The first kappa shape index (κ1) is 22.3. The second-order valence-electron chi connectivity index (χ2n) is 7.72. The average Bonchev–Trinajstić information content (AvgIpc) is 2.88. The van der Waals surface area contributed by atoms with E-state index in [1.54, 1.807) is 36.4 Å². The normalized spacial score (nSPS) is 22.4. The maximum Gasteiger partial charge on any atom is 0.387 e. The van der Waals surface area contributed by atoms with Gasteiger partial charge in [-0.15, -0.1) is 0 Å². The first-order chi connectivity index (χ1) is 16.0. The summed E-state index contributed by atoms with van der Waals surface area (Å²) >= 11 is 0. The number of para-hydroxylation sites is 1. The number of rotatable bonds is 6. The summed E-state index contributed by atoms with van der Waals surface area (Å²) in [5, 5.41) is 14.2. The van der Waals surface area contributed by atoms with Gasteiger partial charge < -0.3 is 9.47 Å². The van der Waals surface area contributed by atoms with Crippen molar-refractivity contribution in [3.05, 3.63) is 106 Å². The van der Waals surface area contributed by atoms with E-state index in [1.165, 1.54) is 19.3 Å². The van der Waals surface area contributed by atoms with Gasteiger partial charge in [-0.1, -0.05) is 60.7 Å². The maximum absolute atomic E-state index is 13.2. The quantitative estimate of drug-likeness (QED) is 0.311. The fraction of sp³-hybridized carbons (Fsp3) is 0.240. The molecule has 0 spiro atoms. The molecule has 1 unspecified atom stereocenters. The summed E-state index contributed by atoms with van der Waals surface area (Å²) < 4.78 is 10.3. The molecule has 3 atom stereocenters. The Hall–Kier alpha value is -3.91. The van der Waals surface area contributed by atoms with Crippen LogP contribution in [0.3, 0.4) is 0 Å². The van der Waals surface area contributed by atoms with Gasteiger partial charge in [0.25, 0.3) is 0 Å². The van der Waals surface area contributed by atoms with Crippen LogP contribution in [0.5, 0.6) is 5.75 Å². The predicted molar refractivity (Wildman–Crippen MR) is 121 cm³/mol. The molecule has 0 amide bonds. The SMILES string of the molecule is COC(=O)C1([N+](=O)[O-])C[C@H](c2ccccc2)ON(c2ccccc2)[C@@H]1c1ccc(OC)cc1. The highest BCUT2D eigenvalue weighted by molar-refractivity contribution is 5.82. The second-order valence-corrected chi connectivity index (χ2v) is 7.72. The second kappa shape index (κ2) is 9.30. The number of carbonyl (C=O) groups excluding carboxylic acids is 1. The van der Waals surface area contributed by atoms with Gasteiger partial charge in [0.1, 0.15) is 11.9 Å². The summed E-state index contributed by atoms with van der Waals surface area (Å²) in [5.74, 6) is -0.341. The van der Waals surface area contributed by atoms with Gasteiger partial charge in [-0.2, -0.15) is 0 Å². The third-order valence-corrected chi connectivity index (χ3v) is 5.90. The number of nitro groups is 1. The number of benzene rings is 3. The van der Waals surface area contributed by atoms with E-state index >= 15 is 0 Å². The van der Waals surface area contributed by atoms with Gasteiger partial charge in [-0.25, -0.2) is 9.86 Å². The van der Waals surface area contributed by atoms with Crippen LogP contribution in [-0.4, -0.2) is 30.7 Å². The Balaban J connectivity index is 1.94. The van der Waals surface area contributed by atoms with E-state index in [0.717, 1.165) is 5.56 Å². The summed E-state index contributed by atoms with van der Waals surface area (Å²) in [5.41, 5.74) is -0.304. The van der Waals surface area contributed by atoms with E-state index in [9.17, 15) is 14.9 Å². The molecule has 1 aliphatic heterocycles. The maximum atomic E-state index is 13.2. The van der Waals surface area contributed by atoms with Crippen molar-refractivity contribution in [2.45, 2.75) is 24.1 Å². The van der Waals surface area contributed by atoms with Crippen molar-refractivity contribution in [3.8, 4) is 5.75 Å². The summed E-state index contributed by atoms with van der Waals surface area (Å²) in [4.78, 5) is 31.8. The van der Waals surface area contributed by atoms with E-state index in [-0.39, 0.29) is 6.42 Å². The molecule has 1 heterocycles. The Kier molecular flexibility index (Phi) is 6.28. The van der Waals surface area contributed by atoms with Crippen LogP contribution in [0, 0.1) is 10.1 Å². The van der Waals surface area contributed by atoms with Gasteiger partial charge in [0.15, 0.2) is 6.04 Å². The van der Waals surface area contributed by atoms with Crippen molar-refractivity contribution in [2.24, 2.45) is 0 Å². The highest BCUT2D eigenvalue weighted by Crippen LogP contribution is 2.49. The summed E-state index contributed by atoms with van der Waals surface area (Å²) in [6, 6.07) is 23.9. The Morgan fingerprint density at radius 3 is 2.12 bits per heavy atom. The molecule has 0 saturated carbocycles. The lowest BCUT2D eigenvalue weighted by Crippen LogP contribution is -2.61. The van der Waals surface area contributed by atoms with Crippen LogP contribution in [0.25, 0.3) is 0 Å². The topological polar surface area (TPSA) is 91.1 Å². The molecule has 3 aromatic rings. The predicted octanol–water partition coefficient (Wildman–Crippen LogP) is 4.51. The zero-order valence-electron chi connectivity index (χ0n) is 18.3. The standard InChI is InChI=1S/C25H24N2O6/c1-31-21-15-13-19(14-16-21)23-25(27(29)30,24(28)32-2)17-22(18-9-5-3-6-10-18)33-26(23)20-11-7-4-8-12-20/h3-16,22-23H,17H2,1-2H3/t22-,23-,25?/m1/s1. The van der Waals surface area contributed by atoms with Crippen molar-refractivity contribution in [1.82, 2.24) is 0 Å². The first-order valence-electron chi connectivity index (χ1n) is 10.4. The number of hydrogen-bond donors (Lipinski definition) is 0. The summed E-state index contributed by atoms with van der Waals surface area (Å²) in [7, 11) is 2.70. The molecule has 1 saturated heterocycles. The minimum absolute atomic E-state index is 0.198. The Labute approximate surface area is 191 Å². The molecule has 0 radical (unpaired) electrons. The highest BCUT2D eigenvalue weighted by Gasteiger charge is 2.66. The summed E-state index contributed by atoms with van der Waals surface area (Å²) in [6.45, 7) is 0. The number of hydroxylamine groups is 1. The van der Waals surface area contributed by atoms with Gasteiger partial charge in [0.2, 0.25) is 0 Å². The molecule has 0 aromatic heterocycles. The third-order valence-electron chi connectivity index (χ3n) is 5.90. The Bertz CT molecular complexity index is 1110. The van der Waals surface area contributed by atoms with Gasteiger partial charge in [0, 0.05) is 4.92 Å². The van der Waals surface area contributed by atoms with Crippen molar-refractivity contribution in [2.75, 3.05) is 19.3 Å². The monoisotopic (exact) mass is 448 g/mol. The molecule has 33 heavy (non-hydrogen) atoms. The largest absolute Gasteiger partial charge is 0.497 e. The lowest BCUT2D eigenvalue weighted by molar-refractivity contribution is -0.570. The fourth-order valence-electron chi connectivity index (χ4n) is 4.27. The molecule has 3 aromatic carbocycles. The van der Waals surface area contributed by atoms with Crippen LogP contribution < -0.4 is 9.80 Å². The third kappa shape index (κ3) is 4.01. The van der Waals surface area contributed by atoms with Crippen LogP contribution in [-0.2, 0) is 14.4 Å². The highest BCUT2D eigenvalue weighted by atomic mass is 16.7. The van der Waals surface area contributed by atoms with Crippen molar-refractivity contribution >= 4 is 11.7 Å². The van der Waals surface area contributed by atoms with Gasteiger partial charge in [-0.3, -0.25) is 15.0 Å².